The fourth-order valence-corrected chi connectivity index (χ4v) is 2.57. The Kier molecular flexibility index (Phi) is 3.19. The van der Waals surface area contributed by atoms with E-state index in [2.05, 4.69) is 0 Å². The van der Waals surface area contributed by atoms with Crippen molar-refractivity contribution >= 4 is 40.8 Å². The minimum absolute atomic E-state index is 0.0522. The van der Waals surface area contributed by atoms with Crippen molar-refractivity contribution in [1.82, 2.24) is 0 Å². The number of hydrogen-bond donors (Lipinski definition) is 1. The lowest BCUT2D eigenvalue weighted by Crippen LogP contribution is -2.07. The highest BCUT2D eigenvalue weighted by molar-refractivity contribution is 6.44. The number of benzene rings is 1. The van der Waals surface area contributed by atoms with Gasteiger partial charge in [-0.25, -0.2) is 0 Å². The third kappa shape index (κ3) is 1.95. The van der Waals surface area contributed by atoms with E-state index in [1.165, 1.54) is 6.07 Å². The second-order valence-corrected chi connectivity index (χ2v) is 4.70. The highest BCUT2D eigenvalue weighted by atomic mass is 35.5. The molecule has 1 aromatic carbocycles. The first-order valence-electron chi connectivity index (χ1n) is 4.52. The predicted molar refractivity (Wildman–Crippen MR) is 62.0 cm³/mol. The Labute approximate surface area is 107 Å². The molecule has 1 heterocycles. The van der Waals surface area contributed by atoms with Crippen LogP contribution in [0.15, 0.2) is 6.07 Å². The molecule has 1 N–H and O–H groups in total. The van der Waals surface area contributed by atoms with Gasteiger partial charge < -0.3 is 9.84 Å². The summed E-state index contributed by atoms with van der Waals surface area (Å²) in [6.45, 7) is 0.265. The number of carbonyl (C=O) groups is 1. The van der Waals surface area contributed by atoms with Gasteiger partial charge in [-0.1, -0.05) is 34.8 Å². The largest absolute Gasteiger partial charge is 0.491 e. The summed E-state index contributed by atoms with van der Waals surface area (Å²) in [6, 6.07) is 1.49. The summed E-state index contributed by atoms with van der Waals surface area (Å²) in [6.07, 6.45) is -0.0522. The molecule has 16 heavy (non-hydrogen) atoms. The predicted octanol–water partition coefficient (Wildman–Crippen LogP) is 3.60. The minimum Gasteiger partial charge on any atom is -0.491 e. The standard InChI is InChI=1S/C10H7Cl3O3/c11-5-2-6(12)10-8(9(5)13)4(3-16-10)1-7(14)15/h2,4H,1,3H2,(H,14,15)/t4-/m1/s1. The molecule has 1 aromatic rings. The van der Waals surface area contributed by atoms with E-state index < -0.39 is 5.97 Å². The number of aliphatic carboxylic acids is 1. The molecule has 0 unspecified atom stereocenters. The molecule has 1 atom stereocenters. The average molecular weight is 282 g/mol. The highest BCUT2D eigenvalue weighted by Gasteiger charge is 2.31. The SMILES string of the molecule is O=C(O)C[C@@H]1COc2c(Cl)cc(Cl)c(Cl)c21. The van der Waals surface area contributed by atoms with Crippen LogP contribution in [-0.2, 0) is 4.79 Å². The van der Waals surface area contributed by atoms with Crippen LogP contribution >= 0.6 is 34.8 Å². The maximum absolute atomic E-state index is 10.7. The van der Waals surface area contributed by atoms with Crippen LogP contribution in [0.2, 0.25) is 15.1 Å². The summed E-state index contributed by atoms with van der Waals surface area (Å²) in [7, 11) is 0. The van der Waals surface area contributed by atoms with E-state index in [1.54, 1.807) is 0 Å². The van der Waals surface area contributed by atoms with Crippen molar-refractivity contribution in [3.05, 3.63) is 26.7 Å². The van der Waals surface area contributed by atoms with Gasteiger partial charge in [0.05, 0.1) is 28.1 Å². The lowest BCUT2D eigenvalue weighted by atomic mass is 9.98. The van der Waals surface area contributed by atoms with Gasteiger partial charge in [-0.2, -0.15) is 0 Å². The Bertz CT molecular complexity index is 459. The lowest BCUT2D eigenvalue weighted by molar-refractivity contribution is -0.137. The Morgan fingerprint density at radius 2 is 2.12 bits per heavy atom. The van der Waals surface area contributed by atoms with E-state index in [0.717, 1.165) is 0 Å². The maximum Gasteiger partial charge on any atom is 0.304 e. The quantitative estimate of drug-likeness (QED) is 0.843. The number of ether oxygens (including phenoxy) is 1. The van der Waals surface area contributed by atoms with Crippen molar-refractivity contribution in [2.45, 2.75) is 12.3 Å². The molecule has 0 spiro atoms. The van der Waals surface area contributed by atoms with Crippen LogP contribution in [0, 0.1) is 0 Å². The third-order valence-electron chi connectivity index (χ3n) is 2.42. The monoisotopic (exact) mass is 280 g/mol. The lowest BCUT2D eigenvalue weighted by Gasteiger charge is -2.09. The van der Waals surface area contributed by atoms with Crippen LogP contribution in [0.4, 0.5) is 0 Å². The molecule has 0 amide bonds. The summed E-state index contributed by atoms with van der Waals surface area (Å²) < 4.78 is 5.34. The van der Waals surface area contributed by atoms with Gasteiger partial charge in [-0.05, 0) is 6.07 Å². The van der Waals surface area contributed by atoms with Crippen molar-refractivity contribution in [2.24, 2.45) is 0 Å². The molecule has 0 saturated carbocycles. The fraction of sp³-hybridized carbons (Fsp3) is 0.300. The first-order valence-corrected chi connectivity index (χ1v) is 5.66. The van der Waals surface area contributed by atoms with Crippen molar-refractivity contribution in [1.29, 1.82) is 0 Å². The van der Waals surface area contributed by atoms with Crippen LogP contribution in [0.25, 0.3) is 0 Å². The van der Waals surface area contributed by atoms with Crippen LogP contribution in [0.5, 0.6) is 5.75 Å². The Morgan fingerprint density at radius 3 is 2.75 bits per heavy atom. The zero-order chi connectivity index (χ0) is 11.9. The first kappa shape index (κ1) is 11.8. The number of rotatable bonds is 2. The Balaban J connectivity index is 2.48. The molecule has 3 nitrogen and oxygen atoms in total. The van der Waals surface area contributed by atoms with Gasteiger partial charge in [0.1, 0.15) is 5.75 Å². The molecule has 1 aliphatic heterocycles. The normalized spacial score (nSPS) is 18.1. The van der Waals surface area contributed by atoms with E-state index in [0.29, 0.717) is 26.4 Å². The Morgan fingerprint density at radius 1 is 1.44 bits per heavy atom. The molecular formula is C10H7Cl3O3. The number of fused-ring (bicyclic) bond motifs is 1. The zero-order valence-electron chi connectivity index (χ0n) is 7.97. The summed E-state index contributed by atoms with van der Waals surface area (Å²) in [4.78, 5) is 10.7. The summed E-state index contributed by atoms with van der Waals surface area (Å²) >= 11 is 17.8. The Hall–Kier alpha value is -0.640. The van der Waals surface area contributed by atoms with Gasteiger partial charge in [-0.3, -0.25) is 4.79 Å². The number of carboxylic acids is 1. The second kappa shape index (κ2) is 4.32. The van der Waals surface area contributed by atoms with Crippen molar-refractivity contribution in [3.8, 4) is 5.75 Å². The number of halogens is 3. The molecule has 2 rings (SSSR count). The maximum atomic E-state index is 10.7. The van der Waals surface area contributed by atoms with E-state index in [-0.39, 0.29) is 18.9 Å². The van der Waals surface area contributed by atoms with E-state index in [9.17, 15) is 4.79 Å². The second-order valence-electron chi connectivity index (χ2n) is 3.50. The molecular weight excluding hydrogens is 274 g/mol. The van der Waals surface area contributed by atoms with Crippen LogP contribution in [0.1, 0.15) is 17.9 Å². The summed E-state index contributed by atoms with van der Waals surface area (Å²) in [5, 5.41) is 9.76. The molecule has 0 aromatic heterocycles. The summed E-state index contributed by atoms with van der Waals surface area (Å²) in [5.74, 6) is -0.757. The topological polar surface area (TPSA) is 46.5 Å². The highest BCUT2D eigenvalue weighted by Crippen LogP contribution is 2.47. The number of carboxylic acid groups (broad SMARTS) is 1. The molecule has 1 aliphatic rings. The van der Waals surface area contributed by atoms with E-state index >= 15 is 0 Å². The molecule has 0 bridgehead atoms. The van der Waals surface area contributed by atoms with Gasteiger partial charge >= 0.3 is 5.97 Å². The van der Waals surface area contributed by atoms with Crippen molar-refractivity contribution < 1.29 is 14.6 Å². The molecule has 0 aliphatic carbocycles. The number of hydrogen-bond acceptors (Lipinski definition) is 2. The van der Waals surface area contributed by atoms with Gasteiger partial charge in [0.2, 0.25) is 0 Å². The first-order chi connectivity index (χ1) is 7.50. The molecule has 0 saturated heterocycles. The van der Waals surface area contributed by atoms with Crippen molar-refractivity contribution in [2.75, 3.05) is 6.61 Å². The van der Waals surface area contributed by atoms with Gasteiger partial charge in [0.15, 0.2) is 0 Å². The van der Waals surface area contributed by atoms with Crippen LogP contribution in [0.3, 0.4) is 0 Å². The van der Waals surface area contributed by atoms with E-state index in [4.69, 9.17) is 44.6 Å². The molecule has 6 heteroatoms. The smallest absolute Gasteiger partial charge is 0.304 e. The van der Waals surface area contributed by atoms with Gasteiger partial charge in [0.25, 0.3) is 0 Å². The molecule has 0 radical (unpaired) electrons. The van der Waals surface area contributed by atoms with Crippen LogP contribution < -0.4 is 4.74 Å². The molecule has 0 fully saturated rings. The van der Waals surface area contributed by atoms with Crippen LogP contribution in [-0.4, -0.2) is 17.7 Å². The zero-order valence-corrected chi connectivity index (χ0v) is 10.2. The summed E-state index contributed by atoms with van der Waals surface area (Å²) in [5.41, 5.74) is 0.599. The van der Waals surface area contributed by atoms with Gasteiger partial charge in [-0.15, -0.1) is 0 Å². The van der Waals surface area contributed by atoms with E-state index in [1.807, 2.05) is 0 Å². The molecule has 86 valence electrons. The minimum atomic E-state index is -0.909. The van der Waals surface area contributed by atoms with Gasteiger partial charge in [0, 0.05) is 11.5 Å². The fourth-order valence-electron chi connectivity index (χ4n) is 1.75. The third-order valence-corrected chi connectivity index (χ3v) is 3.50. The van der Waals surface area contributed by atoms with Crippen molar-refractivity contribution in [3.63, 3.8) is 0 Å². The average Bonchev–Trinajstić information content (AvgIpc) is 2.58.